The Morgan fingerprint density at radius 1 is 1.17 bits per heavy atom. The highest BCUT2D eigenvalue weighted by atomic mass is 16.2. The number of likely N-dealkylation sites (tertiary alicyclic amines) is 1. The van der Waals surface area contributed by atoms with Gasteiger partial charge in [-0.1, -0.05) is 49.6 Å². The SMILES string of the molecule is N#CC[C@H](N)C(=O)N1CCC(Cc2ccccc2)(C(=O)NC2CCCCC2)CC1. The lowest BCUT2D eigenvalue weighted by Crippen LogP contribution is -2.55. The molecule has 2 amide bonds. The summed E-state index contributed by atoms with van der Waals surface area (Å²) in [6.45, 7) is 1.01. The molecule has 0 unspecified atom stereocenters. The lowest BCUT2D eigenvalue weighted by atomic mass is 9.72. The number of nitriles is 1. The number of hydrogen-bond acceptors (Lipinski definition) is 4. The standard InChI is InChI=1S/C23H32N4O2/c24-14-11-20(25)21(28)27-15-12-23(13-16-27,17-18-7-3-1-4-8-18)22(29)26-19-9-5-2-6-10-19/h1,3-4,7-8,19-20H,2,5-6,9-13,15-17,25H2,(H,26,29)/t20-/m0/s1. The molecule has 1 aliphatic heterocycles. The summed E-state index contributed by atoms with van der Waals surface area (Å²) in [5.74, 6) is -0.0609. The monoisotopic (exact) mass is 396 g/mol. The minimum atomic E-state index is -0.780. The van der Waals surface area contributed by atoms with Gasteiger partial charge in [0.25, 0.3) is 0 Å². The van der Waals surface area contributed by atoms with Crippen molar-refractivity contribution in [1.29, 1.82) is 5.26 Å². The summed E-state index contributed by atoms with van der Waals surface area (Å²) in [6, 6.07) is 11.6. The summed E-state index contributed by atoms with van der Waals surface area (Å²) in [4.78, 5) is 27.6. The average Bonchev–Trinajstić information content (AvgIpc) is 2.75. The van der Waals surface area contributed by atoms with Gasteiger partial charge >= 0.3 is 0 Å². The van der Waals surface area contributed by atoms with Crippen LogP contribution < -0.4 is 11.1 Å². The van der Waals surface area contributed by atoms with Crippen molar-refractivity contribution in [3.8, 4) is 6.07 Å². The van der Waals surface area contributed by atoms with Crippen molar-refractivity contribution in [3.05, 3.63) is 35.9 Å². The third kappa shape index (κ3) is 5.36. The van der Waals surface area contributed by atoms with E-state index < -0.39 is 11.5 Å². The predicted molar refractivity (Wildman–Crippen MR) is 112 cm³/mol. The highest BCUT2D eigenvalue weighted by Crippen LogP contribution is 2.36. The van der Waals surface area contributed by atoms with Gasteiger partial charge in [0.1, 0.15) is 0 Å². The smallest absolute Gasteiger partial charge is 0.240 e. The van der Waals surface area contributed by atoms with E-state index in [2.05, 4.69) is 17.4 Å². The molecule has 0 spiro atoms. The molecule has 1 aromatic rings. The maximum atomic E-state index is 13.4. The molecule has 0 bridgehead atoms. The zero-order valence-electron chi connectivity index (χ0n) is 17.1. The number of rotatable bonds is 6. The topological polar surface area (TPSA) is 99.2 Å². The third-order valence-electron chi connectivity index (χ3n) is 6.47. The molecule has 2 aliphatic rings. The minimum Gasteiger partial charge on any atom is -0.353 e. The molecule has 6 heteroatoms. The number of piperidine rings is 1. The van der Waals surface area contributed by atoms with Gasteiger partial charge in [-0.15, -0.1) is 0 Å². The van der Waals surface area contributed by atoms with Crippen LogP contribution in [0.1, 0.15) is 56.9 Å². The van der Waals surface area contributed by atoms with Gasteiger partial charge in [0.05, 0.1) is 23.9 Å². The van der Waals surface area contributed by atoms with Crippen molar-refractivity contribution in [2.75, 3.05) is 13.1 Å². The molecule has 0 radical (unpaired) electrons. The van der Waals surface area contributed by atoms with E-state index in [-0.39, 0.29) is 24.3 Å². The van der Waals surface area contributed by atoms with E-state index in [1.165, 1.54) is 19.3 Å². The minimum absolute atomic E-state index is 0.0205. The van der Waals surface area contributed by atoms with Crippen LogP contribution in [-0.2, 0) is 16.0 Å². The fourth-order valence-corrected chi connectivity index (χ4v) is 4.63. The molecule has 1 atom stereocenters. The number of carbonyl (C=O) groups is 2. The molecule has 0 aromatic heterocycles. The Hall–Kier alpha value is -2.39. The largest absolute Gasteiger partial charge is 0.353 e. The summed E-state index contributed by atoms with van der Waals surface area (Å²) in [7, 11) is 0. The van der Waals surface area contributed by atoms with E-state index in [4.69, 9.17) is 11.0 Å². The second-order valence-electron chi connectivity index (χ2n) is 8.55. The van der Waals surface area contributed by atoms with Gasteiger partial charge in [-0.25, -0.2) is 0 Å². The van der Waals surface area contributed by atoms with E-state index in [1.54, 1.807) is 4.90 Å². The van der Waals surface area contributed by atoms with Crippen LogP contribution in [0.15, 0.2) is 30.3 Å². The summed E-state index contributed by atoms with van der Waals surface area (Å²) in [5.41, 5.74) is 6.48. The van der Waals surface area contributed by atoms with Crippen LogP contribution in [-0.4, -0.2) is 41.9 Å². The molecule has 3 rings (SSSR count). The van der Waals surface area contributed by atoms with Crippen molar-refractivity contribution in [2.24, 2.45) is 11.1 Å². The Bertz CT molecular complexity index is 729. The Kier molecular flexibility index (Phi) is 7.27. The Labute approximate surface area is 173 Å². The fourth-order valence-electron chi connectivity index (χ4n) is 4.63. The van der Waals surface area contributed by atoms with Crippen LogP contribution in [0.2, 0.25) is 0 Å². The molecule has 1 aromatic carbocycles. The van der Waals surface area contributed by atoms with Crippen LogP contribution in [0.3, 0.4) is 0 Å². The van der Waals surface area contributed by atoms with Gasteiger partial charge in [0.2, 0.25) is 11.8 Å². The number of carbonyl (C=O) groups excluding carboxylic acids is 2. The molecule has 1 heterocycles. The maximum absolute atomic E-state index is 13.4. The lowest BCUT2D eigenvalue weighted by molar-refractivity contribution is -0.141. The van der Waals surface area contributed by atoms with E-state index in [9.17, 15) is 9.59 Å². The molecule has 29 heavy (non-hydrogen) atoms. The van der Waals surface area contributed by atoms with Gasteiger partial charge in [-0.2, -0.15) is 5.26 Å². The van der Waals surface area contributed by atoms with Crippen molar-refractivity contribution in [2.45, 2.75) is 69.9 Å². The van der Waals surface area contributed by atoms with Crippen LogP contribution in [0.4, 0.5) is 0 Å². The van der Waals surface area contributed by atoms with Gasteiger partial charge < -0.3 is 16.0 Å². The summed E-state index contributed by atoms with van der Waals surface area (Å²) in [6.07, 6.45) is 7.65. The first kappa shape index (κ1) is 21.3. The molecule has 1 saturated heterocycles. The molecule has 2 fully saturated rings. The molecular weight excluding hydrogens is 364 g/mol. The van der Waals surface area contributed by atoms with Crippen LogP contribution in [0.25, 0.3) is 0 Å². The van der Waals surface area contributed by atoms with Crippen molar-refractivity contribution in [3.63, 3.8) is 0 Å². The summed E-state index contributed by atoms with van der Waals surface area (Å²) >= 11 is 0. The zero-order chi connectivity index (χ0) is 20.7. The first-order chi connectivity index (χ1) is 14.0. The number of nitrogens with two attached hydrogens (primary N) is 1. The molecule has 1 aliphatic carbocycles. The van der Waals surface area contributed by atoms with Gasteiger partial charge in [0, 0.05) is 19.1 Å². The highest BCUT2D eigenvalue weighted by molar-refractivity contribution is 5.85. The summed E-state index contributed by atoms with van der Waals surface area (Å²) in [5, 5.41) is 12.1. The number of nitrogens with one attached hydrogen (secondary N) is 1. The zero-order valence-corrected chi connectivity index (χ0v) is 17.1. The average molecular weight is 397 g/mol. The first-order valence-corrected chi connectivity index (χ1v) is 10.8. The highest BCUT2D eigenvalue weighted by Gasteiger charge is 2.43. The molecule has 6 nitrogen and oxygen atoms in total. The molecule has 156 valence electrons. The molecular formula is C23H32N4O2. The van der Waals surface area contributed by atoms with Gasteiger partial charge in [-0.05, 0) is 37.7 Å². The normalized spacial score (nSPS) is 20.5. The van der Waals surface area contributed by atoms with Crippen LogP contribution >= 0.6 is 0 Å². The van der Waals surface area contributed by atoms with Crippen molar-refractivity contribution >= 4 is 11.8 Å². The van der Waals surface area contributed by atoms with Crippen molar-refractivity contribution in [1.82, 2.24) is 10.2 Å². The van der Waals surface area contributed by atoms with E-state index in [0.717, 1.165) is 18.4 Å². The number of hydrogen-bond donors (Lipinski definition) is 2. The number of benzene rings is 1. The number of nitrogens with zero attached hydrogens (tertiary/aromatic N) is 2. The second-order valence-corrected chi connectivity index (χ2v) is 8.55. The first-order valence-electron chi connectivity index (χ1n) is 10.8. The lowest BCUT2D eigenvalue weighted by Gasteiger charge is -2.42. The Morgan fingerprint density at radius 3 is 2.45 bits per heavy atom. The predicted octanol–water partition coefficient (Wildman–Crippen LogP) is 2.53. The van der Waals surface area contributed by atoms with Gasteiger partial charge in [-0.3, -0.25) is 9.59 Å². The number of amides is 2. The Morgan fingerprint density at radius 2 is 1.83 bits per heavy atom. The Balaban J connectivity index is 1.71. The van der Waals surface area contributed by atoms with Gasteiger partial charge in [0.15, 0.2) is 0 Å². The van der Waals surface area contributed by atoms with E-state index in [1.807, 2.05) is 24.3 Å². The quantitative estimate of drug-likeness (QED) is 0.772. The fraction of sp³-hybridized carbons (Fsp3) is 0.609. The maximum Gasteiger partial charge on any atom is 0.240 e. The van der Waals surface area contributed by atoms with Crippen molar-refractivity contribution < 1.29 is 9.59 Å². The van der Waals surface area contributed by atoms with E-state index >= 15 is 0 Å². The third-order valence-corrected chi connectivity index (χ3v) is 6.47. The molecule has 3 N–H and O–H groups in total. The summed E-state index contributed by atoms with van der Waals surface area (Å²) < 4.78 is 0. The van der Waals surface area contributed by atoms with Crippen LogP contribution in [0, 0.1) is 16.7 Å². The van der Waals surface area contributed by atoms with Crippen LogP contribution in [0.5, 0.6) is 0 Å². The molecule has 1 saturated carbocycles. The second kappa shape index (κ2) is 9.89. The van der Waals surface area contributed by atoms with E-state index in [0.29, 0.717) is 32.4 Å².